The Morgan fingerprint density at radius 3 is 2.58 bits per heavy atom. The summed E-state index contributed by atoms with van der Waals surface area (Å²) in [7, 11) is 0. The number of carbonyl (C=O) groups excluding carboxylic acids is 2. The molecule has 1 aliphatic heterocycles. The van der Waals surface area contributed by atoms with E-state index in [0.717, 1.165) is 17.7 Å². The molecule has 2 atom stereocenters. The molecule has 2 amide bonds. The lowest BCUT2D eigenvalue weighted by Gasteiger charge is -2.26. The van der Waals surface area contributed by atoms with E-state index < -0.39 is 12.0 Å². The van der Waals surface area contributed by atoms with Crippen LogP contribution in [0.25, 0.3) is 0 Å². The summed E-state index contributed by atoms with van der Waals surface area (Å²) in [4.78, 5) is 26.2. The minimum atomic E-state index is -0.723. The maximum absolute atomic E-state index is 12.9. The highest BCUT2D eigenvalue weighted by Gasteiger charge is 2.34. The topological polar surface area (TPSA) is 72.6 Å². The smallest absolute Gasteiger partial charge is 0.268 e. The van der Waals surface area contributed by atoms with Crippen LogP contribution in [-0.2, 0) is 11.2 Å². The maximum Gasteiger partial charge on any atom is 0.268 e. The van der Waals surface area contributed by atoms with Gasteiger partial charge >= 0.3 is 0 Å². The van der Waals surface area contributed by atoms with Crippen LogP contribution < -0.4 is 15.4 Å². The summed E-state index contributed by atoms with van der Waals surface area (Å²) in [5.41, 5.74) is 7.71. The fourth-order valence-corrected chi connectivity index (χ4v) is 3.11. The number of primary amides is 1. The molecule has 2 aromatic rings. The number of para-hydroxylation sites is 2. The molecule has 3 rings (SSSR count). The molecule has 2 N–H and O–H groups in total. The van der Waals surface area contributed by atoms with Crippen LogP contribution in [0.3, 0.4) is 0 Å². The largest absolute Gasteiger partial charge is 0.480 e. The van der Waals surface area contributed by atoms with Crippen molar-refractivity contribution in [2.75, 3.05) is 4.90 Å². The third-order valence-electron chi connectivity index (χ3n) is 4.25. The highest BCUT2D eigenvalue weighted by Crippen LogP contribution is 2.32. The molecule has 0 spiro atoms. The number of nitrogens with two attached hydrogens (primary N) is 1. The van der Waals surface area contributed by atoms with Crippen LogP contribution in [0.4, 0.5) is 5.69 Å². The maximum atomic E-state index is 12.9. The summed E-state index contributed by atoms with van der Waals surface area (Å²) in [6.07, 6.45) is 0.103. The van der Waals surface area contributed by atoms with Crippen LogP contribution in [0.15, 0.2) is 48.5 Å². The molecular formula is C19H20N2O3. The van der Waals surface area contributed by atoms with E-state index in [-0.39, 0.29) is 17.5 Å². The number of carbonyl (C=O) groups is 2. The Morgan fingerprint density at radius 2 is 1.83 bits per heavy atom. The predicted octanol–water partition coefficient (Wildman–Crippen LogP) is 2.53. The quantitative estimate of drug-likeness (QED) is 0.939. The summed E-state index contributed by atoms with van der Waals surface area (Å²) < 4.78 is 5.75. The van der Waals surface area contributed by atoms with Crippen molar-refractivity contribution in [2.45, 2.75) is 32.4 Å². The van der Waals surface area contributed by atoms with Crippen molar-refractivity contribution in [3.63, 3.8) is 0 Å². The molecule has 0 unspecified atom stereocenters. The number of hydrogen-bond donors (Lipinski definition) is 1. The van der Waals surface area contributed by atoms with Gasteiger partial charge in [-0.25, -0.2) is 0 Å². The average Bonchev–Trinajstić information content (AvgIpc) is 2.90. The highest BCUT2D eigenvalue weighted by atomic mass is 16.5. The molecule has 5 nitrogen and oxygen atoms in total. The normalized spacial score (nSPS) is 17.2. The fraction of sp³-hybridized carbons (Fsp3) is 0.263. The molecule has 0 saturated carbocycles. The molecule has 1 heterocycles. The van der Waals surface area contributed by atoms with E-state index >= 15 is 0 Å². The van der Waals surface area contributed by atoms with Gasteiger partial charge in [-0.2, -0.15) is 0 Å². The molecule has 0 radical (unpaired) electrons. The van der Waals surface area contributed by atoms with Gasteiger partial charge in [0, 0.05) is 11.7 Å². The number of nitrogens with zero attached hydrogens (tertiary/aromatic N) is 1. The zero-order valence-corrected chi connectivity index (χ0v) is 13.7. The van der Waals surface area contributed by atoms with Crippen LogP contribution in [0.2, 0.25) is 0 Å². The summed E-state index contributed by atoms with van der Waals surface area (Å²) in [5, 5.41) is 0. The van der Waals surface area contributed by atoms with Crippen molar-refractivity contribution >= 4 is 17.5 Å². The summed E-state index contributed by atoms with van der Waals surface area (Å²) in [6, 6.07) is 14.6. The van der Waals surface area contributed by atoms with E-state index in [1.54, 1.807) is 36.1 Å². The number of hydrogen-bond acceptors (Lipinski definition) is 3. The van der Waals surface area contributed by atoms with Gasteiger partial charge < -0.3 is 15.4 Å². The number of rotatable bonds is 4. The van der Waals surface area contributed by atoms with Crippen molar-refractivity contribution in [1.82, 2.24) is 0 Å². The summed E-state index contributed by atoms with van der Waals surface area (Å²) >= 11 is 0. The van der Waals surface area contributed by atoms with Gasteiger partial charge in [0.25, 0.3) is 11.8 Å². The van der Waals surface area contributed by atoms with E-state index in [1.165, 1.54) is 0 Å². The third-order valence-corrected chi connectivity index (χ3v) is 4.25. The summed E-state index contributed by atoms with van der Waals surface area (Å²) in [5.74, 6) is -0.386. The van der Waals surface area contributed by atoms with Crippen LogP contribution in [0, 0.1) is 0 Å². The molecule has 0 fully saturated rings. The van der Waals surface area contributed by atoms with Crippen molar-refractivity contribution in [3.8, 4) is 5.75 Å². The molecule has 0 aliphatic carbocycles. The van der Waals surface area contributed by atoms with Gasteiger partial charge in [-0.15, -0.1) is 0 Å². The van der Waals surface area contributed by atoms with E-state index in [9.17, 15) is 9.59 Å². The van der Waals surface area contributed by atoms with E-state index in [1.807, 2.05) is 31.2 Å². The Hall–Kier alpha value is -2.82. The molecular weight excluding hydrogens is 304 g/mol. The molecule has 2 aromatic carbocycles. The minimum absolute atomic E-state index is 0.0762. The van der Waals surface area contributed by atoms with Crippen LogP contribution in [0.5, 0.6) is 5.75 Å². The Balaban J connectivity index is 1.83. The second-order valence-corrected chi connectivity index (χ2v) is 6.01. The first-order valence-electron chi connectivity index (χ1n) is 7.95. The molecule has 0 saturated heterocycles. The molecule has 5 heteroatoms. The number of anilines is 1. The van der Waals surface area contributed by atoms with Gasteiger partial charge in [0.15, 0.2) is 6.10 Å². The van der Waals surface area contributed by atoms with Crippen molar-refractivity contribution in [1.29, 1.82) is 0 Å². The van der Waals surface area contributed by atoms with Crippen LogP contribution in [0.1, 0.15) is 29.8 Å². The van der Waals surface area contributed by atoms with E-state index in [4.69, 9.17) is 10.5 Å². The first kappa shape index (κ1) is 16.1. The van der Waals surface area contributed by atoms with E-state index in [2.05, 4.69) is 0 Å². The predicted molar refractivity (Wildman–Crippen MR) is 92.1 cm³/mol. The molecule has 124 valence electrons. The first-order valence-corrected chi connectivity index (χ1v) is 7.95. The SMILES string of the molecule is C[C@@H](Oc1ccccc1C(N)=O)C(=O)N1c2ccccc2C[C@@H]1C. The molecule has 0 aromatic heterocycles. The Labute approximate surface area is 141 Å². The summed E-state index contributed by atoms with van der Waals surface area (Å²) in [6.45, 7) is 3.70. The van der Waals surface area contributed by atoms with Gasteiger partial charge in [0.1, 0.15) is 5.75 Å². The third kappa shape index (κ3) is 2.85. The van der Waals surface area contributed by atoms with Crippen LogP contribution in [-0.4, -0.2) is 24.0 Å². The molecule has 0 bridgehead atoms. The number of amides is 2. The van der Waals surface area contributed by atoms with Crippen molar-refractivity contribution in [3.05, 3.63) is 59.7 Å². The lowest BCUT2D eigenvalue weighted by molar-refractivity contribution is -0.124. The first-order chi connectivity index (χ1) is 11.5. The van der Waals surface area contributed by atoms with Crippen LogP contribution >= 0.6 is 0 Å². The zero-order chi connectivity index (χ0) is 17.3. The Morgan fingerprint density at radius 1 is 1.17 bits per heavy atom. The number of ether oxygens (including phenoxy) is 1. The van der Waals surface area contributed by atoms with Gasteiger partial charge in [0.05, 0.1) is 5.56 Å². The lowest BCUT2D eigenvalue weighted by Crippen LogP contribution is -2.43. The molecule has 1 aliphatic rings. The standard InChI is InChI=1S/C19H20N2O3/c1-12-11-14-7-3-5-9-16(14)21(12)19(23)13(2)24-17-10-6-4-8-15(17)18(20)22/h3-10,12-13H,11H2,1-2H3,(H2,20,22)/t12-,13+/m0/s1. The monoisotopic (exact) mass is 324 g/mol. The Kier molecular flexibility index (Phi) is 4.25. The zero-order valence-electron chi connectivity index (χ0n) is 13.7. The minimum Gasteiger partial charge on any atom is -0.480 e. The fourth-order valence-electron chi connectivity index (χ4n) is 3.11. The van der Waals surface area contributed by atoms with E-state index in [0.29, 0.717) is 5.75 Å². The Bertz CT molecular complexity index is 788. The van der Waals surface area contributed by atoms with Crippen molar-refractivity contribution < 1.29 is 14.3 Å². The van der Waals surface area contributed by atoms with Gasteiger partial charge in [-0.1, -0.05) is 30.3 Å². The number of benzene rings is 2. The van der Waals surface area contributed by atoms with Gasteiger partial charge in [-0.05, 0) is 44.0 Å². The van der Waals surface area contributed by atoms with Gasteiger partial charge in [-0.3, -0.25) is 9.59 Å². The second-order valence-electron chi connectivity index (χ2n) is 6.01. The van der Waals surface area contributed by atoms with Gasteiger partial charge in [0.2, 0.25) is 0 Å². The molecule has 24 heavy (non-hydrogen) atoms. The number of fused-ring (bicyclic) bond motifs is 1. The average molecular weight is 324 g/mol. The van der Waals surface area contributed by atoms with Crippen molar-refractivity contribution in [2.24, 2.45) is 5.73 Å². The second kappa shape index (κ2) is 6.35. The highest BCUT2D eigenvalue weighted by molar-refractivity contribution is 5.99. The lowest BCUT2D eigenvalue weighted by atomic mass is 10.1.